The first-order valence-electron chi connectivity index (χ1n) is 10.4. The Balaban J connectivity index is 1.67. The maximum Gasteiger partial charge on any atom is 0.342 e. The Hall–Kier alpha value is -4.37. The average molecular weight is 461 g/mol. The minimum atomic E-state index is -2.08. The number of carbonyl (C=O) groups excluding carboxylic acids is 1. The number of non-ortho nitro benzene ring substituents is 1. The summed E-state index contributed by atoms with van der Waals surface area (Å²) in [5.74, 6) is -1.23. The van der Waals surface area contributed by atoms with Crippen LogP contribution in [0.2, 0.25) is 0 Å². The molecule has 0 spiro atoms. The highest BCUT2D eigenvalue weighted by atomic mass is 16.7. The number of ether oxygens (including phenoxy) is 4. The maximum absolute atomic E-state index is 13.1. The van der Waals surface area contributed by atoms with Gasteiger partial charge in [0.2, 0.25) is 6.79 Å². The molecule has 2 aliphatic rings. The maximum atomic E-state index is 13.1. The molecular formula is C25H19NO8. The molecule has 172 valence electrons. The van der Waals surface area contributed by atoms with Crippen molar-refractivity contribution in [2.24, 2.45) is 0 Å². The van der Waals surface area contributed by atoms with Crippen molar-refractivity contribution in [3.05, 3.63) is 99.1 Å². The second-order valence-corrected chi connectivity index (χ2v) is 7.79. The van der Waals surface area contributed by atoms with Gasteiger partial charge in [0.1, 0.15) is 5.75 Å². The average Bonchev–Trinajstić information content (AvgIpc) is 3.41. The Morgan fingerprint density at radius 2 is 1.82 bits per heavy atom. The molecule has 9 heteroatoms. The highest BCUT2D eigenvalue weighted by molar-refractivity contribution is 6.20. The lowest BCUT2D eigenvalue weighted by Gasteiger charge is -2.26. The summed E-state index contributed by atoms with van der Waals surface area (Å²) >= 11 is 0. The van der Waals surface area contributed by atoms with Gasteiger partial charge in [0, 0.05) is 29.7 Å². The molecule has 3 aromatic carbocycles. The van der Waals surface area contributed by atoms with Crippen LogP contribution in [0.25, 0.3) is 5.57 Å². The molecule has 0 saturated heterocycles. The van der Waals surface area contributed by atoms with E-state index in [1.165, 1.54) is 19.2 Å². The SMILES string of the molecule is COc1ccc([C@@]2(O)OC(=O)C(c3ccc4c(c3)OCO4)=C2Cc2cccc([N+](=O)[O-])c2)cc1. The monoisotopic (exact) mass is 461 g/mol. The smallest absolute Gasteiger partial charge is 0.342 e. The van der Waals surface area contributed by atoms with Gasteiger partial charge in [-0.2, -0.15) is 0 Å². The van der Waals surface area contributed by atoms with Gasteiger partial charge in [-0.25, -0.2) is 4.79 Å². The molecule has 9 nitrogen and oxygen atoms in total. The Kier molecular flexibility index (Phi) is 5.18. The van der Waals surface area contributed by atoms with Crippen molar-refractivity contribution in [1.29, 1.82) is 0 Å². The van der Waals surface area contributed by atoms with Crippen molar-refractivity contribution >= 4 is 17.2 Å². The second-order valence-electron chi connectivity index (χ2n) is 7.79. The van der Waals surface area contributed by atoms with E-state index < -0.39 is 16.7 Å². The van der Waals surface area contributed by atoms with E-state index >= 15 is 0 Å². The van der Waals surface area contributed by atoms with Gasteiger partial charge in [0.05, 0.1) is 17.6 Å². The summed E-state index contributed by atoms with van der Waals surface area (Å²) in [4.78, 5) is 23.9. The zero-order valence-electron chi connectivity index (χ0n) is 18.0. The summed E-state index contributed by atoms with van der Waals surface area (Å²) in [6.07, 6.45) is 0.0275. The fourth-order valence-electron chi connectivity index (χ4n) is 4.13. The van der Waals surface area contributed by atoms with E-state index in [-0.39, 0.29) is 30.0 Å². The first-order valence-corrected chi connectivity index (χ1v) is 10.4. The second kappa shape index (κ2) is 8.20. The number of nitro benzene ring substituents is 1. The molecule has 0 unspecified atom stereocenters. The van der Waals surface area contributed by atoms with Gasteiger partial charge in [-0.1, -0.05) is 18.2 Å². The summed E-state index contributed by atoms with van der Waals surface area (Å²) < 4.78 is 21.5. The topological polar surface area (TPSA) is 117 Å². The molecule has 0 aliphatic carbocycles. The number of rotatable bonds is 6. The van der Waals surface area contributed by atoms with Gasteiger partial charge in [-0.05, 0) is 47.5 Å². The molecule has 3 aromatic rings. The molecular weight excluding hydrogens is 442 g/mol. The lowest BCUT2D eigenvalue weighted by Crippen LogP contribution is -2.29. The molecule has 2 aliphatic heterocycles. The third kappa shape index (κ3) is 3.61. The lowest BCUT2D eigenvalue weighted by molar-refractivity contribution is -0.384. The third-order valence-electron chi connectivity index (χ3n) is 5.80. The molecule has 0 radical (unpaired) electrons. The number of nitro groups is 1. The number of hydrogen-bond acceptors (Lipinski definition) is 8. The largest absolute Gasteiger partial charge is 0.497 e. The summed E-state index contributed by atoms with van der Waals surface area (Å²) in [6.45, 7) is 0.0681. The van der Waals surface area contributed by atoms with E-state index in [1.807, 2.05) is 0 Å². The van der Waals surface area contributed by atoms with E-state index in [0.29, 0.717) is 33.9 Å². The van der Waals surface area contributed by atoms with Gasteiger partial charge in [0.25, 0.3) is 11.5 Å². The molecule has 0 amide bonds. The minimum absolute atomic E-state index is 0.0275. The predicted molar refractivity (Wildman–Crippen MR) is 119 cm³/mol. The van der Waals surface area contributed by atoms with Gasteiger partial charge in [0.15, 0.2) is 11.5 Å². The molecule has 34 heavy (non-hydrogen) atoms. The van der Waals surface area contributed by atoms with Gasteiger partial charge in [-0.3, -0.25) is 10.1 Å². The lowest BCUT2D eigenvalue weighted by atomic mass is 9.88. The van der Waals surface area contributed by atoms with E-state index in [2.05, 4.69) is 0 Å². The molecule has 1 N–H and O–H groups in total. The number of fused-ring (bicyclic) bond motifs is 1. The molecule has 1 atom stereocenters. The first kappa shape index (κ1) is 21.5. The van der Waals surface area contributed by atoms with Crippen molar-refractivity contribution in [3.8, 4) is 17.2 Å². The van der Waals surface area contributed by atoms with Gasteiger partial charge < -0.3 is 24.1 Å². The highest BCUT2D eigenvalue weighted by Crippen LogP contribution is 2.46. The Morgan fingerprint density at radius 1 is 1.06 bits per heavy atom. The molecule has 0 aromatic heterocycles. The van der Waals surface area contributed by atoms with Crippen LogP contribution in [0.4, 0.5) is 5.69 Å². The highest BCUT2D eigenvalue weighted by Gasteiger charge is 2.48. The molecule has 0 saturated carbocycles. The molecule has 2 heterocycles. The van der Waals surface area contributed by atoms with Crippen LogP contribution >= 0.6 is 0 Å². The zero-order valence-corrected chi connectivity index (χ0v) is 18.0. The third-order valence-corrected chi connectivity index (χ3v) is 5.80. The first-order chi connectivity index (χ1) is 16.4. The van der Waals surface area contributed by atoms with E-state index in [1.54, 1.807) is 54.6 Å². The summed E-state index contributed by atoms with van der Waals surface area (Å²) in [5, 5.41) is 23.0. The fourth-order valence-corrected chi connectivity index (χ4v) is 4.13. The fraction of sp³-hybridized carbons (Fsp3) is 0.160. The van der Waals surface area contributed by atoms with E-state index in [4.69, 9.17) is 18.9 Å². The number of benzene rings is 3. The van der Waals surface area contributed by atoms with Gasteiger partial charge in [-0.15, -0.1) is 0 Å². The van der Waals surface area contributed by atoms with Crippen LogP contribution in [-0.2, 0) is 21.7 Å². The summed E-state index contributed by atoms with van der Waals surface area (Å²) in [5.41, 5.74) is 1.63. The molecule has 0 fully saturated rings. The predicted octanol–water partition coefficient (Wildman–Crippen LogP) is 3.73. The van der Waals surface area contributed by atoms with Crippen LogP contribution < -0.4 is 14.2 Å². The Morgan fingerprint density at radius 3 is 2.56 bits per heavy atom. The number of hydrogen-bond donors (Lipinski definition) is 1. The number of cyclic esters (lactones) is 1. The number of methoxy groups -OCH3 is 1. The summed E-state index contributed by atoms with van der Waals surface area (Å²) in [7, 11) is 1.52. The van der Waals surface area contributed by atoms with Crippen molar-refractivity contribution < 1.29 is 33.8 Å². The van der Waals surface area contributed by atoms with Crippen molar-refractivity contribution in [1.82, 2.24) is 0 Å². The normalized spacial score (nSPS) is 18.7. The quantitative estimate of drug-likeness (QED) is 0.335. The van der Waals surface area contributed by atoms with Crippen LogP contribution in [0.5, 0.6) is 17.2 Å². The minimum Gasteiger partial charge on any atom is -0.497 e. The van der Waals surface area contributed by atoms with Crippen molar-refractivity contribution in [3.63, 3.8) is 0 Å². The van der Waals surface area contributed by atoms with Crippen LogP contribution in [0.3, 0.4) is 0 Å². The number of nitrogens with zero attached hydrogens (tertiary/aromatic N) is 1. The van der Waals surface area contributed by atoms with E-state index in [0.717, 1.165) is 0 Å². The van der Waals surface area contributed by atoms with Crippen molar-refractivity contribution in [2.75, 3.05) is 13.9 Å². The summed E-state index contributed by atoms with van der Waals surface area (Å²) in [6, 6.07) is 17.5. The standard InChI is InChI=1S/C25H19NO8/c1-31-19-8-6-17(7-9-19)25(28)20(12-15-3-2-4-18(11-15)26(29)30)23(24(27)34-25)16-5-10-21-22(13-16)33-14-32-21/h2-11,13,28H,12,14H2,1H3/t25-/m1/s1. The Bertz CT molecular complexity index is 1330. The molecule has 0 bridgehead atoms. The zero-order chi connectivity index (χ0) is 23.9. The van der Waals surface area contributed by atoms with Crippen LogP contribution in [0, 0.1) is 10.1 Å². The molecule has 5 rings (SSSR count). The number of aliphatic hydroxyl groups is 1. The number of esters is 1. The van der Waals surface area contributed by atoms with Crippen molar-refractivity contribution in [2.45, 2.75) is 12.2 Å². The Labute approximate surface area is 193 Å². The van der Waals surface area contributed by atoms with Crippen LogP contribution in [0.1, 0.15) is 16.7 Å². The van der Waals surface area contributed by atoms with Crippen LogP contribution in [-0.4, -0.2) is 29.9 Å². The van der Waals surface area contributed by atoms with E-state index in [9.17, 15) is 20.0 Å². The van der Waals surface area contributed by atoms with Gasteiger partial charge >= 0.3 is 5.97 Å². The number of carbonyl (C=O) groups is 1. The van der Waals surface area contributed by atoms with Crippen LogP contribution in [0.15, 0.2) is 72.3 Å².